The Bertz CT molecular complexity index is 236. The Morgan fingerprint density at radius 1 is 1.55 bits per heavy atom. The van der Waals surface area contributed by atoms with Crippen LogP contribution in [0.4, 0.5) is 0 Å². The fraction of sp³-hybridized carbons (Fsp3) is 0.714. The predicted octanol–water partition coefficient (Wildman–Crippen LogP) is 1.13. The van der Waals surface area contributed by atoms with Gasteiger partial charge in [0.2, 0.25) is 0 Å². The van der Waals surface area contributed by atoms with E-state index in [1.807, 2.05) is 20.8 Å². The van der Waals surface area contributed by atoms with Crippen LogP contribution in [0.5, 0.6) is 0 Å². The standard InChI is InChI=1S/C7H13N3S/c1-5-6(11-10-9-5)4-7(2,3)8/h4,8H2,1-3H3. The highest BCUT2D eigenvalue weighted by atomic mass is 32.1. The molecule has 0 spiro atoms. The summed E-state index contributed by atoms with van der Waals surface area (Å²) in [6.45, 7) is 5.98. The van der Waals surface area contributed by atoms with Crippen LogP contribution in [0.2, 0.25) is 0 Å². The molecule has 2 N–H and O–H groups in total. The van der Waals surface area contributed by atoms with Gasteiger partial charge in [-0.15, -0.1) is 5.10 Å². The number of rotatable bonds is 2. The van der Waals surface area contributed by atoms with E-state index in [2.05, 4.69) is 9.59 Å². The van der Waals surface area contributed by atoms with Crippen LogP contribution < -0.4 is 5.73 Å². The third-order valence-corrected chi connectivity index (χ3v) is 2.18. The van der Waals surface area contributed by atoms with Crippen molar-refractivity contribution in [2.45, 2.75) is 32.7 Å². The van der Waals surface area contributed by atoms with E-state index in [0.29, 0.717) is 0 Å². The van der Waals surface area contributed by atoms with Crippen molar-refractivity contribution in [2.75, 3.05) is 0 Å². The van der Waals surface area contributed by atoms with E-state index in [4.69, 9.17) is 5.73 Å². The second-order valence-corrected chi connectivity index (χ2v) is 4.29. The summed E-state index contributed by atoms with van der Waals surface area (Å²) in [6.07, 6.45) is 0.858. The quantitative estimate of drug-likeness (QED) is 0.725. The molecule has 62 valence electrons. The Morgan fingerprint density at radius 3 is 2.55 bits per heavy atom. The van der Waals surface area contributed by atoms with E-state index in [0.717, 1.165) is 12.1 Å². The fourth-order valence-corrected chi connectivity index (χ4v) is 1.70. The SMILES string of the molecule is Cc1nnsc1CC(C)(C)N. The first-order valence-corrected chi connectivity index (χ1v) is 4.33. The fourth-order valence-electron chi connectivity index (χ4n) is 0.827. The first kappa shape index (κ1) is 8.62. The molecular weight excluding hydrogens is 158 g/mol. The van der Waals surface area contributed by atoms with Gasteiger partial charge >= 0.3 is 0 Å². The lowest BCUT2D eigenvalue weighted by molar-refractivity contribution is 0.519. The Morgan fingerprint density at radius 2 is 2.18 bits per heavy atom. The molecule has 0 bridgehead atoms. The molecule has 0 saturated carbocycles. The van der Waals surface area contributed by atoms with Gasteiger partial charge in [-0.05, 0) is 32.3 Å². The zero-order valence-corrected chi connectivity index (χ0v) is 7.90. The molecule has 0 amide bonds. The number of nitrogens with zero attached hydrogens (tertiary/aromatic N) is 2. The lowest BCUT2D eigenvalue weighted by Gasteiger charge is -2.16. The predicted molar refractivity (Wildman–Crippen MR) is 46.6 cm³/mol. The number of aromatic nitrogens is 2. The van der Waals surface area contributed by atoms with Crippen LogP contribution in [0.1, 0.15) is 24.4 Å². The second-order valence-electron chi connectivity index (χ2n) is 3.45. The molecule has 0 aliphatic carbocycles. The van der Waals surface area contributed by atoms with Gasteiger partial charge in [-0.2, -0.15) is 0 Å². The zero-order valence-electron chi connectivity index (χ0n) is 7.09. The maximum Gasteiger partial charge on any atom is 0.0757 e. The summed E-state index contributed by atoms with van der Waals surface area (Å²) in [6, 6.07) is 0. The van der Waals surface area contributed by atoms with Crippen LogP contribution in [-0.2, 0) is 6.42 Å². The van der Waals surface area contributed by atoms with E-state index >= 15 is 0 Å². The van der Waals surface area contributed by atoms with Gasteiger partial charge in [-0.1, -0.05) is 4.49 Å². The highest BCUT2D eigenvalue weighted by Gasteiger charge is 2.15. The molecule has 3 nitrogen and oxygen atoms in total. The smallest absolute Gasteiger partial charge is 0.0757 e. The van der Waals surface area contributed by atoms with Crippen LogP contribution >= 0.6 is 11.5 Å². The minimum absolute atomic E-state index is 0.154. The topological polar surface area (TPSA) is 51.8 Å². The molecule has 0 fully saturated rings. The molecule has 0 aliphatic heterocycles. The van der Waals surface area contributed by atoms with Gasteiger partial charge in [-0.25, -0.2) is 0 Å². The average molecular weight is 171 g/mol. The van der Waals surface area contributed by atoms with Crippen molar-refractivity contribution in [2.24, 2.45) is 5.73 Å². The lowest BCUT2D eigenvalue weighted by atomic mass is 10.0. The van der Waals surface area contributed by atoms with E-state index < -0.39 is 0 Å². The summed E-state index contributed by atoms with van der Waals surface area (Å²) in [7, 11) is 0. The van der Waals surface area contributed by atoms with Crippen LogP contribution in [0.3, 0.4) is 0 Å². The van der Waals surface area contributed by atoms with Crippen molar-refractivity contribution in [1.29, 1.82) is 0 Å². The normalized spacial score (nSPS) is 12.0. The summed E-state index contributed by atoms with van der Waals surface area (Å²) in [5.41, 5.74) is 6.70. The Balaban J connectivity index is 2.72. The highest BCUT2D eigenvalue weighted by molar-refractivity contribution is 7.05. The average Bonchev–Trinajstić information content (AvgIpc) is 2.12. The first-order chi connectivity index (χ1) is 4.99. The van der Waals surface area contributed by atoms with Crippen molar-refractivity contribution in [3.63, 3.8) is 0 Å². The van der Waals surface area contributed by atoms with Crippen LogP contribution in [0, 0.1) is 6.92 Å². The van der Waals surface area contributed by atoms with Gasteiger partial charge in [0, 0.05) is 12.0 Å². The number of hydrogen-bond acceptors (Lipinski definition) is 4. The highest BCUT2D eigenvalue weighted by Crippen LogP contribution is 2.15. The number of hydrogen-bond donors (Lipinski definition) is 1. The summed E-state index contributed by atoms with van der Waals surface area (Å²) in [4.78, 5) is 1.19. The maximum atomic E-state index is 5.85. The number of aryl methyl sites for hydroxylation is 1. The van der Waals surface area contributed by atoms with Crippen molar-refractivity contribution >= 4 is 11.5 Å². The third-order valence-electron chi connectivity index (χ3n) is 1.36. The molecular formula is C7H13N3S. The van der Waals surface area contributed by atoms with E-state index in [9.17, 15) is 0 Å². The lowest BCUT2D eigenvalue weighted by Crippen LogP contribution is -2.34. The third kappa shape index (κ3) is 2.55. The molecule has 1 rings (SSSR count). The Labute approximate surface area is 70.8 Å². The molecule has 0 aliphatic rings. The summed E-state index contributed by atoms with van der Waals surface area (Å²) in [5.74, 6) is 0. The van der Waals surface area contributed by atoms with E-state index in [1.54, 1.807) is 0 Å². The van der Waals surface area contributed by atoms with Crippen molar-refractivity contribution in [3.05, 3.63) is 10.6 Å². The van der Waals surface area contributed by atoms with E-state index in [-0.39, 0.29) is 5.54 Å². The molecule has 0 radical (unpaired) electrons. The molecule has 1 aromatic rings. The second kappa shape index (κ2) is 2.87. The maximum absolute atomic E-state index is 5.85. The van der Waals surface area contributed by atoms with Gasteiger partial charge in [0.05, 0.1) is 10.6 Å². The summed E-state index contributed by atoms with van der Waals surface area (Å²) >= 11 is 1.44. The summed E-state index contributed by atoms with van der Waals surface area (Å²) < 4.78 is 3.84. The zero-order chi connectivity index (χ0) is 8.48. The molecule has 0 unspecified atom stereocenters. The van der Waals surface area contributed by atoms with Crippen molar-refractivity contribution in [1.82, 2.24) is 9.59 Å². The molecule has 0 aromatic carbocycles. The van der Waals surface area contributed by atoms with Gasteiger partial charge < -0.3 is 5.73 Å². The summed E-state index contributed by atoms with van der Waals surface area (Å²) in [5, 5.41) is 3.91. The van der Waals surface area contributed by atoms with Crippen LogP contribution in [0.15, 0.2) is 0 Å². The molecule has 4 heteroatoms. The minimum Gasteiger partial charge on any atom is -0.325 e. The van der Waals surface area contributed by atoms with E-state index in [1.165, 1.54) is 16.4 Å². The minimum atomic E-state index is -0.154. The first-order valence-electron chi connectivity index (χ1n) is 3.56. The van der Waals surface area contributed by atoms with Gasteiger partial charge in [0.1, 0.15) is 0 Å². The van der Waals surface area contributed by atoms with Gasteiger partial charge in [0.25, 0.3) is 0 Å². The molecule has 1 heterocycles. The molecule has 1 aromatic heterocycles. The van der Waals surface area contributed by atoms with Crippen LogP contribution in [-0.4, -0.2) is 15.1 Å². The van der Waals surface area contributed by atoms with Crippen molar-refractivity contribution < 1.29 is 0 Å². The van der Waals surface area contributed by atoms with Crippen molar-refractivity contribution in [3.8, 4) is 0 Å². The monoisotopic (exact) mass is 171 g/mol. The van der Waals surface area contributed by atoms with Gasteiger partial charge in [0.15, 0.2) is 0 Å². The van der Waals surface area contributed by atoms with Gasteiger partial charge in [-0.3, -0.25) is 0 Å². The number of nitrogens with two attached hydrogens (primary N) is 1. The Hall–Kier alpha value is -0.480. The van der Waals surface area contributed by atoms with Crippen LogP contribution in [0.25, 0.3) is 0 Å². The molecule has 0 atom stereocenters. The molecule has 11 heavy (non-hydrogen) atoms. The molecule has 0 saturated heterocycles. The Kier molecular flexibility index (Phi) is 2.25. The largest absolute Gasteiger partial charge is 0.325 e.